The van der Waals surface area contributed by atoms with Crippen LogP contribution in [0.4, 0.5) is 4.79 Å². The summed E-state index contributed by atoms with van der Waals surface area (Å²) >= 11 is 0. The summed E-state index contributed by atoms with van der Waals surface area (Å²) in [4.78, 5) is 15.7. The Kier molecular flexibility index (Phi) is 5.77. The van der Waals surface area contributed by atoms with Crippen LogP contribution in [0.15, 0.2) is 48.8 Å². The summed E-state index contributed by atoms with van der Waals surface area (Å²) in [6.07, 6.45) is 3.42. The number of amides is 2. The Hall–Kier alpha value is -2.56. The topological polar surface area (TPSA) is 63.2 Å². The lowest BCUT2D eigenvalue weighted by molar-refractivity contribution is 0.233. The first kappa shape index (κ1) is 15.8. The number of nitrogens with one attached hydrogen (secondary N) is 2. The van der Waals surface area contributed by atoms with Crippen molar-refractivity contribution in [2.75, 3.05) is 13.2 Å². The largest absolute Gasteiger partial charge is 0.492 e. The molecule has 5 nitrogen and oxygen atoms in total. The summed E-state index contributed by atoms with van der Waals surface area (Å²) in [6, 6.07) is 11.3. The first-order valence-electron chi connectivity index (χ1n) is 7.29. The zero-order chi connectivity index (χ0) is 15.8. The van der Waals surface area contributed by atoms with Crippen molar-refractivity contribution in [2.24, 2.45) is 0 Å². The Morgan fingerprint density at radius 2 is 1.86 bits per heavy atom. The first-order valence-corrected chi connectivity index (χ1v) is 7.29. The molecule has 2 amide bonds. The van der Waals surface area contributed by atoms with E-state index in [1.165, 1.54) is 5.56 Å². The Balaban J connectivity index is 1.66. The lowest BCUT2D eigenvalue weighted by Gasteiger charge is -2.15. The second-order valence-corrected chi connectivity index (χ2v) is 5.06. The van der Waals surface area contributed by atoms with Crippen LogP contribution in [0.2, 0.25) is 0 Å². The molecular formula is C17H21N3O2. The van der Waals surface area contributed by atoms with Gasteiger partial charge in [-0.3, -0.25) is 4.98 Å². The SMILES string of the molecule is Cc1ccc(OCCNC(=O)NC(C)c2ccncc2)cc1. The normalized spacial score (nSPS) is 11.5. The fourth-order valence-electron chi connectivity index (χ4n) is 1.95. The Morgan fingerprint density at radius 3 is 2.55 bits per heavy atom. The number of hydrogen-bond acceptors (Lipinski definition) is 3. The van der Waals surface area contributed by atoms with Crippen molar-refractivity contribution in [3.05, 3.63) is 59.9 Å². The second kappa shape index (κ2) is 8.02. The third kappa shape index (κ3) is 5.09. The lowest BCUT2D eigenvalue weighted by atomic mass is 10.1. The second-order valence-electron chi connectivity index (χ2n) is 5.06. The highest BCUT2D eigenvalue weighted by Gasteiger charge is 2.08. The minimum Gasteiger partial charge on any atom is -0.492 e. The predicted molar refractivity (Wildman–Crippen MR) is 85.9 cm³/mol. The zero-order valence-electron chi connectivity index (χ0n) is 12.9. The number of urea groups is 1. The Bertz CT molecular complexity index is 585. The van der Waals surface area contributed by atoms with E-state index in [1.54, 1.807) is 12.4 Å². The molecule has 1 atom stereocenters. The quantitative estimate of drug-likeness (QED) is 0.806. The van der Waals surface area contributed by atoms with Crippen LogP contribution >= 0.6 is 0 Å². The van der Waals surface area contributed by atoms with Gasteiger partial charge < -0.3 is 15.4 Å². The molecule has 0 saturated heterocycles. The molecule has 2 rings (SSSR count). The molecule has 0 fully saturated rings. The van der Waals surface area contributed by atoms with Crippen molar-refractivity contribution in [3.63, 3.8) is 0 Å². The van der Waals surface area contributed by atoms with Gasteiger partial charge >= 0.3 is 6.03 Å². The molecule has 1 heterocycles. The average molecular weight is 299 g/mol. The van der Waals surface area contributed by atoms with Crippen molar-refractivity contribution in [3.8, 4) is 5.75 Å². The molecule has 1 aromatic carbocycles. The first-order chi connectivity index (χ1) is 10.6. The number of ether oxygens (including phenoxy) is 1. The molecule has 1 unspecified atom stereocenters. The molecule has 0 saturated carbocycles. The van der Waals surface area contributed by atoms with E-state index < -0.39 is 0 Å². The van der Waals surface area contributed by atoms with Gasteiger partial charge in [-0.25, -0.2) is 4.79 Å². The van der Waals surface area contributed by atoms with Gasteiger partial charge in [0.15, 0.2) is 0 Å². The van der Waals surface area contributed by atoms with E-state index in [0.29, 0.717) is 13.2 Å². The Labute approximate surface area is 130 Å². The number of pyridine rings is 1. The van der Waals surface area contributed by atoms with Crippen molar-refractivity contribution in [2.45, 2.75) is 19.9 Å². The number of hydrogen-bond donors (Lipinski definition) is 2. The van der Waals surface area contributed by atoms with E-state index in [1.807, 2.05) is 50.2 Å². The summed E-state index contributed by atoms with van der Waals surface area (Å²) in [5, 5.41) is 5.64. The van der Waals surface area contributed by atoms with Crippen LogP contribution in [0.3, 0.4) is 0 Å². The standard InChI is InChI=1S/C17H21N3O2/c1-13-3-5-16(6-4-13)22-12-11-19-17(21)20-14(2)15-7-9-18-10-8-15/h3-10,14H,11-12H2,1-2H3,(H2,19,20,21). The van der Waals surface area contributed by atoms with E-state index >= 15 is 0 Å². The molecular weight excluding hydrogens is 278 g/mol. The van der Waals surface area contributed by atoms with Gasteiger partial charge in [0, 0.05) is 12.4 Å². The van der Waals surface area contributed by atoms with E-state index in [0.717, 1.165) is 11.3 Å². The summed E-state index contributed by atoms with van der Waals surface area (Å²) < 4.78 is 5.55. The Morgan fingerprint density at radius 1 is 1.18 bits per heavy atom. The molecule has 0 radical (unpaired) electrons. The van der Waals surface area contributed by atoms with Crippen molar-refractivity contribution in [1.82, 2.24) is 15.6 Å². The van der Waals surface area contributed by atoms with Gasteiger partial charge in [-0.15, -0.1) is 0 Å². The van der Waals surface area contributed by atoms with Crippen LogP contribution in [-0.2, 0) is 0 Å². The van der Waals surface area contributed by atoms with E-state index in [4.69, 9.17) is 4.74 Å². The maximum atomic E-state index is 11.8. The monoisotopic (exact) mass is 299 g/mol. The number of rotatable bonds is 6. The van der Waals surface area contributed by atoms with Gasteiger partial charge in [-0.1, -0.05) is 17.7 Å². The fourth-order valence-corrected chi connectivity index (χ4v) is 1.95. The summed E-state index contributed by atoms with van der Waals surface area (Å²) in [5.41, 5.74) is 2.20. The summed E-state index contributed by atoms with van der Waals surface area (Å²) in [5.74, 6) is 0.804. The van der Waals surface area contributed by atoms with Crippen LogP contribution in [-0.4, -0.2) is 24.2 Å². The number of aromatic nitrogens is 1. The average Bonchev–Trinajstić information content (AvgIpc) is 2.54. The molecule has 0 aliphatic carbocycles. The van der Waals surface area contributed by atoms with E-state index in [-0.39, 0.29) is 12.1 Å². The molecule has 0 aliphatic rings. The van der Waals surface area contributed by atoms with Gasteiger partial charge in [-0.2, -0.15) is 0 Å². The van der Waals surface area contributed by atoms with Gasteiger partial charge in [0.2, 0.25) is 0 Å². The number of carbonyl (C=O) groups is 1. The van der Waals surface area contributed by atoms with E-state index in [9.17, 15) is 4.79 Å². The molecule has 0 bridgehead atoms. The summed E-state index contributed by atoms with van der Waals surface area (Å²) in [7, 11) is 0. The third-order valence-electron chi connectivity index (χ3n) is 3.23. The highest BCUT2D eigenvalue weighted by Crippen LogP contribution is 2.11. The van der Waals surface area contributed by atoms with Crippen molar-refractivity contribution < 1.29 is 9.53 Å². The zero-order valence-corrected chi connectivity index (χ0v) is 12.9. The van der Waals surface area contributed by atoms with Crippen molar-refractivity contribution in [1.29, 1.82) is 0 Å². The predicted octanol–water partition coefficient (Wildman–Crippen LogP) is 2.83. The van der Waals surface area contributed by atoms with Gasteiger partial charge in [-0.05, 0) is 43.7 Å². The van der Waals surface area contributed by atoms with Crippen LogP contribution in [0.25, 0.3) is 0 Å². The maximum absolute atomic E-state index is 11.8. The number of aryl methyl sites for hydroxylation is 1. The molecule has 0 spiro atoms. The summed E-state index contributed by atoms with van der Waals surface area (Å²) in [6.45, 7) is 4.83. The molecule has 2 aromatic rings. The molecule has 0 aliphatic heterocycles. The van der Waals surface area contributed by atoms with Gasteiger partial charge in [0.25, 0.3) is 0 Å². The van der Waals surface area contributed by atoms with E-state index in [2.05, 4.69) is 15.6 Å². The van der Waals surface area contributed by atoms with Crippen molar-refractivity contribution >= 4 is 6.03 Å². The highest BCUT2D eigenvalue weighted by molar-refractivity contribution is 5.74. The van der Waals surface area contributed by atoms with Crippen LogP contribution in [0.5, 0.6) is 5.75 Å². The third-order valence-corrected chi connectivity index (χ3v) is 3.23. The number of carbonyl (C=O) groups excluding carboxylic acids is 1. The molecule has 2 N–H and O–H groups in total. The number of nitrogens with zero attached hydrogens (tertiary/aromatic N) is 1. The molecule has 116 valence electrons. The highest BCUT2D eigenvalue weighted by atomic mass is 16.5. The van der Waals surface area contributed by atoms with Gasteiger partial charge in [0.1, 0.15) is 12.4 Å². The smallest absolute Gasteiger partial charge is 0.315 e. The molecule has 5 heteroatoms. The minimum absolute atomic E-state index is 0.0685. The molecule has 22 heavy (non-hydrogen) atoms. The number of benzene rings is 1. The van der Waals surface area contributed by atoms with Crippen LogP contribution < -0.4 is 15.4 Å². The maximum Gasteiger partial charge on any atom is 0.315 e. The lowest BCUT2D eigenvalue weighted by Crippen LogP contribution is -2.38. The van der Waals surface area contributed by atoms with Crippen LogP contribution in [0.1, 0.15) is 24.1 Å². The minimum atomic E-state index is -0.211. The van der Waals surface area contributed by atoms with Gasteiger partial charge in [0.05, 0.1) is 12.6 Å². The fraction of sp³-hybridized carbons (Fsp3) is 0.294. The van der Waals surface area contributed by atoms with Crippen LogP contribution in [0, 0.1) is 6.92 Å². The molecule has 1 aromatic heterocycles.